The summed E-state index contributed by atoms with van der Waals surface area (Å²) in [5, 5.41) is 14.5. The van der Waals surface area contributed by atoms with Crippen LogP contribution in [-0.2, 0) is 0 Å². The van der Waals surface area contributed by atoms with Gasteiger partial charge in [-0.25, -0.2) is 4.79 Å². The van der Waals surface area contributed by atoms with Crippen molar-refractivity contribution in [1.29, 1.82) is 5.26 Å². The van der Waals surface area contributed by atoms with Gasteiger partial charge in [0.2, 0.25) is 0 Å². The lowest BCUT2D eigenvalue weighted by atomic mass is 10.0. The lowest BCUT2D eigenvalue weighted by Gasteiger charge is -2.38. The van der Waals surface area contributed by atoms with E-state index in [1.807, 2.05) is 0 Å². The van der Waals surface area contributed by atoms with Gasteiger partial charge < -0.3 is 10.6 Å². The average Bonchev–Trinajstić information content (AvgIpc) is 2.54. The molecule has 1 aliphatic heterocycles. The molecule has 2 rings (SSSR count). The van der Waals surface area contributed by atoms with Crippen LogP contribution >= 0.6 is 0 Å². The standard InChI is InChI=1S/C17H24N4O/c1-13-5-3-4-10-21(13)14(2)12-19-17(22)20-16-8-6-15(11-18)7-9-16/h6-9,13-14H,3-5,10,12H2,1-2H3,(H2,19,20,22)/t13-,14+/m0/s1. The molecule has 1 aliphatic rings. The quantitative estimate of drug-likeness (QED) is 0.898. The number of nitriles is 1. The van der Waals surface area contributed by atoms with Crippen LogP contribution in [0.15, 0.2) is 24.3 Å². The van der Waals surface area contributed by atoms with Crippen molar-refractivity contribution in [2.75, 3.05) is 18.4 Å². The van der Waals surface area contributed by atoms with Gasteiger partial charge in [0, 0.05) is 24.3 Å². The fourth-order valence-electron chi connectivity index (χ4n) is 2.94. The van der Waals surface area contributed by atoms with Crippen LogP contribution in [0.1, 0.15) is 38.7 Å². The fraction of sp³-hybridized carbons (Fsp3) is 0.529. The van der Waals surface area contributed by atoms with Crippen molar-refractivity contribution in [1.82, 2.24) is 10.2 Å². The molecule has 2 amide bonds. The molecule has 1 fully saturated rings. The van der Waals surface area contributed by atoms with E-state index in [0.717, 1.165) is 6.54 Å². The Bertz CT molecular complexity index is 535. The molecule has 1 heterocycles. The lowest BCUT2D eigenvalue weighted by Crippen LogP contribution is -2.49. The van der Waals surface area contributed by atoms with Crippen LogP contribution in [0.4, 0.5) is 10.5 Å². The first kappa shape index (κ1) is 16.3. The molecule has 0 spiro atoms. The fourth-order valence-corrected chi connectivity index (χ4v) is 2.94. The number of amides is 2. The molecule has 0 radical (unpaired) electrons. The van der Waals surface area contributed by atoms with Gasteiger partial charge in [-0.15, -0.1) is 0 Å². The molecule has 2 atom stereocenters. The van der Waals surface area contributed by atoms with Gasteiger partial charge >= 0.3 is 6.03 Å². The number of hydrogen-bond acceptors (Lipinski definition) is 3. The van der Waals surface area contributed by atoms with Gasteiger partial charge in [-0.1, -0.05) is 6.42 Å². The molecule has 0 aliphatic carbocycles. The zero-order valence-electron chi connectivity index (χ0n) is 13.3. The molecule has 1 aromatic carbocycles. The molecule has 0 bridgehead atoms. The summed E-state index contributed by atoms with van der Waals surface area (Å²) in [6.45, 7) is 6.16. The van der Waals surface area contributed by atoms with Crippen LogP contribution in [-0.4, -0.2) is 36.1 Å². The number of carbonyl (C=O) groups excluding carboxylic acids is 1. The number of anilines is 1. The van der Waals surface area contributed by atoms with Crippen LogP contribution in [0.2, 0.25) is 0 Å². The Morgan fingerprint density at radius 3 is 2.77 bits per heavy atom. The minimum atomic E-state index is -0.207. The predicted octanol–water partition coefficient (Wildman–Crippen LogP) is 2.94. The monoisotopic (exact) mass is 300 g/mol. The molecule has 2 N–H and O–H groups in total. The number of urea groups is 1. The van der Waals surface area contributed by atoms with Gasteiger partial charge in [0.25, 0.3) is 0 Å². The Morgan fingerprint density at radius 2 is 2.14 bits per heavy atom. The summed E-state index contributed by atoms with van der Waals surface area (Å²) in [6.07, 6.45) is 3.78. The summed E-state index contributed by atoms with van der Waals surface area (Å²) in [4.78, 5) is 14.4. The highest BCUT2D eigenvalue weighted by Crippen LogP contribution is 2.18. The summed E-state index contributed by atoms with van der Waals surface area (Å²) < 4.78 is 0. The number of piperidine rings is 1. The number of benzene rings is 1. The van der Waals surface area contributed by atoms with E-state index < -0.39 is 0 Å². The van der Waals surface area contributed by atoms with Crippen molar-refractivity contribution < 1.29 is 4.79 Å². The number of nitrogens with one attached hydrogen (secondary N) is 2. The van der Waals surface area contributed by atoms with Crippen molar-refractivity contribution in [2.24, 2.45) is 0 Å². The number of nitrogens with zero attached hydrogens (tertiary/aromatic N) is 2. The third-order valence-corrected chi connectivity index (χ3v) is 4.25. The summed E-state index contributed by atoms with van der Waals surface area (Å²) in [7, 11) is 0. The first-order chi connectivity index (χ1) is 10.6. The van der Waals surface area contributed by atoms with Crippen molar-refractivity contribution in [3.8, 4) is 6.07 Å². The number of likely N-dealkylation sites (tertiary alicyclic amines) is 1. The van der Waals surface area contributed by atoms with Crippen LogP contribution < -0.4 is 10.6 Å². The number of hydrogen-bond donors (Lipinski definition) is 2. The van der Waals surface area contributed by atoms with Gasteiger partial charge in [0.1, 0.15) is 0 Å². The van der Waals surface area contributed by atoms with E-state index in [2.05, 4.69) is 35.5 Å². The maximum Gasteiger partial charge on any atom is 0.319 e. The number of carbonyl (C=O) groups is 1. The van der Waals surface area contributed by atoms with Gasteiger partial charge in [0.15, 0.2) is 0 Å². The smallest absolute Gasteiger partial charge is 0.319 e. The molecule has 0 saturated carbocycles. The topological polar surface area (TPSA) is 68.2 Å². The molecule has 5 nitrogen and oxygen atoms in total. The zero-order valence-corrected chi connectivity index (χ0v) is 13.3. The molecule has 118 valence electrons. The molecule has 5 heteroatoms. The Balaban J connectivity index is 1.78. The molecule has 1 aromatic rings. The van der Waals surface area contributed by atoms with E-state index >= 15 is 0 Å². The zero-order chi connectivity index (χ0) is 15.9. The minimum Gasteiger partial charge on any atom is -0.336 e. The summed E-state index contributed by atoms with van der Waals surface area (Å²) >= 11 is 0. The predicted molar refractivity (Wildman–Crippen MR) is 87.7 cm³/mol. The minimum absolute atomic E-state index is 0.207. The molecule has 0 unspecified atom stereocenters. The third kappa shape index (κ3) is 4.47. The van der Waals surface area contributed by atoms with E-state index in [0.29, 0.717) is 29.9 Å². The van der Waals surface area contributed by atoms with Crippen LogP contribution in [0.5, 0.6) is 0 Å². The second kappa shape index (κ2) is 7.81. The van der Waals surface area contributed by atoms with Crippen LogP contribution in [0.25, 0.3) is 0 Å². The Hall–Kier alpha value is -2.06. The van der Waals surface area contributed by atoms with Crippen LogP contribution in [0, 0.1) is 11.3 Å². The second-order valence-corrected chi connectivity index (χ2v) is 5.96. The second-order valence-electron chi connectivity index (χ2n) is 5.96. The van der Waals surface area contributed by atoms with Crippen molar-refractivity contribution in [2.45, 2.75) is 45.2 Å². The van der Waals surface area contributed by atoms with E-state index in [9.17, 15) is 4.79 Å². The lowest BCUT2D eigenvalue weighted by molar-refractivity contribution is 0.114. The molecular weight excluding hydrogens is 276 g/mol. The van der Waals surface area contributed by atoms with Gasteiger partial charge in [-0.2, -0.15) is 5.26 Å². The average molecular weight is 300 g/mol. The summed E-state index contributed by atoms with van der Waals surface area (Å²) in [6, 6.07) is 9.61. The van der Waals surface area contributed by atoms with E-state index in [1.165, 1.54) is 19.3 Å². The Kier molecular flexibility index (Phi) is 5.79. The van der Waals surface area contributed by atoms with E-state index in [1.54, 1.807) is 24.3 Å². The van der Waals surface area contributed by atoms with Crippen LogP contribution in [0.3, 0.4) is 0 Å². The highest BCUT2D eigenvalue weighted by atomic mass is 16.2. The maximum absolute atomic E-state index is 11.9. The van der Waals surface area contributed by atoms with Gasteiger partial charge in [-0.3, -0.25) is 4.90 Å². The Labute approximate surface area is 132 Å². The molecule has 1 saturated heterocycles. The van der Waals surface area contributed by atoms with Crippen molar-refractivity contribution >= 4 is 11.7 Å². The van der Waals surface area contributed by atoms with E-state index in [-0.39, 0.29) is 6.03 Å². The SMILES string of the molecule is C[C@H](CNC(=O)Nc1ccc(C#N)cc1)N1CCCC[C@@H]1C. The molecule has 0 aromatic heterocycles. The number of rotatable bonds is 4. The van der Waals surface area contributed by atoms with Gasteiger partial charge in [-0.05, 0) is 57.5 Å². The molecule has 22 heavy (non-hydrogen) atoms. The summed E-state index contributed by atoms with van der Waals surface area (Å²) in [5.74, 6) is 0. The third-order valence-electron chi connectivity index (χ3n) is 4.25. The normalized spacial score (nSPS) is 20.0. The maximum atomic E-state index is 11.9. The highest BCUT2D eigenvalue weighted by molar-refractivity contribution is 5.89. The Morgan fingerprint density at radius 1 is 1.41 bits per heavy atom. The van der Waals surface area contributed by atoms with E-state index in [4.69, 9.17) is 5.26 Å². The van der Waals surface area contributed by atoms with Gasteiger partial charge in [0.05, 0.1) is 11.6 Å². The molecular formula is C17H24N4O. The highest BCUT2D eigenvalue weighted by Gasteiger charge is 2.23. The first-order valence-electron chi connectivity index (χ1n) is 7.91. The van der Waals surface area contributed by atoms with Crippen molar-refractivity contribution in [3.05, 3.63) is 29.8 Å². The first-order valence-corrected chi connectivity index (χ1v) is 7.91. The summed E-state index contributed by atoms with van der Waals surface area (Å²) in [5.41, 5.74) is 1.27. The largest absolute Gasteiger partial charge is 0.336 e. The van der Waals surface area contributed by atoms with Crippen molar-refractivity contribution in [3.63, 3.8) is 0 Å².